The molecule has 1 N–H and O–H groups in total. The van der Waals surface area contributed by atoms with Gasteiger partial charge in [0.1, 0.15) is 11.8 Å². The molecule has 9 heteroatoms. The van der Waals surface area contributed by atoms with E-state index >= 15 is 0 Å². The topological polar surface area (TPSA) is 96.0 Å². The smallest absolute Gasteiger partial charge is 0.242 e. The zero-order valence-electron chi connectivity index (χ0n) is 22.0. The van der Waals surface area contributed by atoms with E-state index in [4.69, 9.17) is 4.74 Å². The van der Waals surface area contributed by atoms with Crippen molar-refractivity contribution in [2.45, 2.75) is 59.0 Å². The average molecular weight is 518 g/mol. The fourth-order valence-electron chi connectivity index (χ4n) is 4.05. The maximum absolute atomic E-state index is 13.4. The van der Waals surface area contributed by atoms with Gasteiger partial charge in [0.05, 0.1) is 19.1 Å². The number of sulfonamides is 1. The quantitative estimate of drug-likeness (QED) is 0.410. The molecule has 2 amide bonds. The third-order valence-electron chi connectivity index (χ3n) is 5.88. The van der Waals surface area contributed by atoms with Crippen LogP contribution in [-0.4, -0.2) is 57.6 Å². The number of carbonyl (C=O) groups is 2. The van der Waals surface area contributed by atoms with Crippen LogP contribution >= 0.6 is 0 Å². The van der Waals surface area contributed by atoms with Gasteiger partial charge in [-0.15, -0.1) is 0 Å². The van der Waals surface area contributed by atoms with Gasteiger partial charge in [-0.1, -0.05) is 43.7 Å². The minimum Gasteiger partial charge on any atom is -0.497 e. The lowest BCUT2D eigenvalue weighted by molar-refractivity contribution is -0.141. The number of aryl methyl sites for hydroxylation is 1. The summed E-state index contributed by atoms with van der Waals surface area (Å²) in [4.78, 5) is 27.9. The molecule has 2 rings (SSSR count). The van der Waals surface area contributed by atoms with Crippen LogP contribution in [0.4, 0.5) is 5.69 Å². The second-order valence-electron chi connectivity index (χ2n) is 8.86. The lowest BCUT2D eigenvalue weighted by Crippen LogP contribution is -2.49. The number of hydrogen-bond donors (Lipinski definition) is 1. The van der Waals surface area contributed by atoms with E-state index in [0.717, 1.165) is 23.8 Å². The zero-order valence-corrected chi connectivity index (χ0v) is 22.8. The fourth-order valence-corrected chi connectivity index (χ4v) is 5.01. The highest BCUT2D eigenvalue weighted by molar-refractivity contribution is 7.92. The molecule has 0 aromatic heterocycles. The van der Waals surface area contributed by atoms with Crippen LogP contribution < -0.4 is 14.4 Å². The van der Waals surface area contributed by atoms with Crippen LogP contribution in [0.5, 0.6) is 5.75 Å². The van der Waals surface area contributed by atoms with Crippen molar-refractivity contribution in [3.05, 3.63) is 59.7 Å². The van der Waals surface area contributed by atoms with E-state index in [1.165, 1.54) is 4.31 Å². The van der Waals surface area contributed by atoms with Crippen LogP contribution in [0.1, 0.15) is 50.7 Å². The summed E-state index contributed by atoms with van der Waals surface area (Å²) >= 11 is 0. The molecule has 2 aromatic rings. The lowest BCUT2D eigenvalue weighted by Gasteiger charge is -2.31. The van der Waals surface area contributed by atoms with Crippen LogP contribution in [0.3, 0.4) is 0 Å². The van der Waals surface area contributed by atoms with Crippen LogP contribution in [0.2, 0.25) is 0 Å². The van der Waals surface area contributed by atoms with Gasteiger partial charge in [0.15, 0.2) is 0 Å². The highest BCUT2D eigenvalue weighted by Gasteiger charge is 2.28. The normalized spacial score (nSPS) is 12.0. The third-order valence-corrected chi connectivity index (χ3v) is 7.08. The number of nitrogens with one attached hydrogen (secondary N) is 1. The molecule has 0 aliphatic carbocycles. The predicted octanol–water partition coefficient (Wildman–Crippen LogP) is 3.88. The molecular weight excluding hydrogens is 478 g/mol. The van der Waals surface area contributed by atoms with E-state index < -0.39 is 16.1 Å². The third kappa shape index (κ3) is 8.55. The van der Waals surface area contributed by atoms with Crippen molar-refractivity contribution < 1.29 is 22.7 Å². The average Bonchev–Trinajstić information content (AvgIpc) is 2.84. The van der Waals surface area contributed by atoms with Gasteiger partial charge in [-0.05, 0) is 56.0 Å². The van der Waals surface area contributed by atoms with E-state index in [0.29, 0.717) is 37.4 Å². The Morgan fingerprint density at radius 1 is 1.08 bits per heavy atom. The van der Waals surface area contributed by atoms with Crippen LogP contribution in [-0.2, 0) is 26.2 Å². The first-order chi connectivity index (χ1) is 17.1. The van der Waals surface area contributed by atoms with E-state index in [-0.39, 0.29) is 24.8 Å². The molecule has 0 aliphatic heterocycles. The van der Waals surface area contributed by atoms with E-state index in [1.807, 2.05) is 45.0 Å². The Hall–Kier alpha value is -3.07. The van der Waals surface area contributed by atoms with E-state index in [1.54, 1.807) is 36.3 Å². The van der Waals surface area contributed by atoms with Gasteiger partial charge in [-0.25, -0.2) is 8.42 Å². The molecule has 8 nitrogen and oxygen atoms in total. The second-order valence-corrected chi connectivity index (χ2v) is 10.8. The number of rotatable bonds is 14. The summed E-state index contributed by atoms with van der Waals surface area (Å²) in [5, 5.41) is 2.91. The largest absolute Gasteiger partial charge is 0.497 e. The Bertz CT molecular complexity index is 1100. The maximum atomic E-state index is 13.4. The Kier molecular flexibility index (Phi) is 11.2. The molecule has 0 radical (unpaired) electrons. The number of amides is 2. The standard InChI is InChI=1S/C27H39N3O5S/c1-6-17-28-27(32)25(7-2)29(20-22-11-8-10-21(3)19-22)26(31)12-9-18-30(36(5,33)34)23-13-15-24(35-4)16-14-23/h8,10-11,13-16,19,25H,6-7,9,12,17-18,20H2,1-5H3,(H,28,32). The monoisotopic (exact) mass is 517 g/mol. The summed E-state index contributed by atoms with van der Waals surface area (Å²) in [6.45, 7) is 6.86. The Labute approximate surface area is 215 Å². The summed E-state index contributed by atoms with van der Waals surface area (Å²) in [7, 11) is -2.01. The van der Waals surface area contributed by atoms with Gasteiger partial charge in [0.2, 0.25) is 21.8 Å². The predicted molar refractivity (Wildman–Crippen MR) is 144 cm³/mol. The van der Waals surface area contributed by atoms with Crippen molar-refractivity contribution >= 4 is 27.5 Å². The molecule has 1 unspecified atom stereocenters. The van der Waals surface area contributed by atoms with Crippen molar-refractivity contribution in [2.75, 3.05) is 30.8 Å². The summed E-state index contributed by atoms with van der Waals surface area (Å²) in [6, 6.07) is 14.0. The van der Waals surface area contributed by atoms with Gasteiger partial charge in [-0.3, -0.25) is 13.9 Å². The molecule has 198 valence electrons. The minimum absolute atomic E-state index is 0.117. The number of methoxy groups -OCH3 is 1. The van der Waals surface area contributed by atoms with Gasteiger partial charge in [0.25, 0.3) is 0 Å². The maximum Gasteiger partial charge on any atom is 0.242 e. The Morgan fingerprint density at radius 3 is 2.33 bits per heavy atom. The van der Waals surface area contributed by atoms with E-state index in [2.05, 4.69) is 5.32 Å². The van der Waals surface area contributed by atoms with Crippen LogP contribution in [0.15, 0.2) is 48.5 Å². The number of carbonyl (C=O) groups excluding carboxylic acids is 2. The van der Waals surface area contributed by atoms with Gasteiger partial charge < -0.3 is 15.0 Å². The number of nitrogens with zero attached hydrogens (tertiary/aromatic N) is 2. The van der Waals surface area contributed by atoms with Gasteiger partial charge in [0, 0.05) is 26.1 Å². The van der Waals surface area contributed by atoms with Gasteiger partial charge in [-0.2, -0.15) is 0 Å². The molecule has 2 aromatic carbocycles. The molecule has 0 spiro atoms. The summed E-state index contributed by atoms with van der Waals surface area (Å²) in [6.07, 6.45) is 2.87. The highest BCUT2D eigenvalue weighted by Crippen LogP contribution is 2.22. The minimum atomic E-state index is -3.55. The summed E-state index contributed by atoms with van der Waals surface area (Å²) in [5.41, 5.74) is 2.53. The van der Waals surface area contributed by atoms with Crippen molar-refractivity contribution in [1.82, 2.24) is 10.2 Å². The fraction of sp³-hybridized carbons (Fsp3) is 0.481. The lowest BCUT2D eigenvalue weighted by atomic mass is 10.1. The van der Waals surface area contributed by atoms with E-state index in [9.17, 15) is 18.0 Å². The molecule has 0 saturated carbocycles. The first-order valence-corrected chi connectivity index (χ1v) is 14.2. The first kappa shape index (κ1) is 29.2. The second kappa shape index (κ2) is 13.9. The Morgan fingerprint density at radius 2 is 1.78 bits per heavy atom. The number of ether oxygens (including phenoxy) is 1. The van der Waals surface area contributed by atoms with Gasteiger partial charge >= 0.3 is 0 Å². The molecule has 0 bridgehead atoms. The first-order valence-electron chi connectivity index (χ1n) is 12.3. The van der Waals surface area contributed by atoms with Crippen molar-refractivity contribution in [1.29, 1.82) is 0 Å². The molecule has 0 fully saturated rings. The zero-order chi connectivity index (χ0) is 26.7. The number of benzene rings is 2. The summed E-state index contributed by atoms with van der Waals surface area (Å²) in [5.74, 6) is 0.274. The van der Waals surface area contributed by atoms with Crippen molar-refractivity contribution in [2.24, 2.45) is 0 Å². The number of hydrogen-bond acceptors (Lipinski definition) is 5. The molecule has 0 saturated heterocycles. The summed E-state index contributed by atoms with van der Waals surface area (Å²) < 4.78 is 31.4. The molecule has 0 heterocycles. The van der Waals surface area contributed by atoms with Crippen molar-refractivity contribution in [3.8, 4) is 5.75 Å². The van der Waals surface area contributed by atoms with Crippen LogP contribution in [0.25, 0.3) is 0 Å². The molecule has 1 atom stereocenters. The number of anilines is 1. The van der Waals surface area contributed by atoms with Crippen molar-refractivity contribution in [3.63, 3.8) is 0 Å². The SMILES string of the molecule is CCCNC(=O)C(CC)N(Cc1cccc(C)c1)C(=O)CCCN(c1ccc(OC)cc1)S(C)(=O)=O. The van der Waals surface area contributed by atoms with Crippen LogP contribution in [0, 0.1) is 6.92 Å². The highest BCUT2D eigenvalue weighted by atomic mass is 32.2. The molecular formula is C27H39N3O5S. The molecule has 36 heavy (non-hydrogen) atoms. The Balaban J connectivity index is 2.19. The molecule has 0 aliphatic rings.